The molecule has 0 saturated heterocycles. The molecule has 0 unspecified atom stereocenters. The van der Waals surface area contributed by atoms with Crippen molar-refractivity contribution in [3.8, 4) is 0 Å². The molecule has 2 rings (SSSR count). The summed E-state index contributed by atoms with van der Waals surface area (Å²) in [7, 11) is 0. The SMILES string of the molecule is O=C(Cc1cccc(Cl)c1)N(CCCl)C1CCC1. The van der Waals surface area contributed by atoms with E-state index in [0.29, 0.717) is 29.9 Å². The van der Waals surface area contributed by atoms with Gasteiger partial charge >= 0.3 is 0 Å². The van der Waals surface area contributed by atoms with Crippen LogP contribution in [0.25, 0.3) is 0 Å². The highest BCUT2D eigenvalue weighted by Gasteiger charge is 2.28. The number of hydrogen-bond donors (Lipinski definition) is 0. The maximum Gasteiger partial charge on any atom is 0.227 e. The van der Waals surface area contributed by atoms with Crippen LogP contribution in [-0.4, -0.2) is 29.3 Å². The van der Waals surface area contributed by atoms with Gasteiger partial charge in [0, 0.05) is 23.5 Å². The standard InChI is InChI=1S/C14H17Cl2NO/c15-7-8-17(13-5-2-6-13)14(18)10-11-3-1-4-12(16)9-11/h1,3-4,9,13H,2,5-8,10H2. The van der Waals surface area contributed by atoms with Gasteiger partial charge in [0.2, 0.25) is 5.91 Å². The summed E-state index contributed by atoms with van der Waals surface area (Å²) in [6, 6.07) is 7.87. The molecule has 1 fully saturated rings. The van der Waals surface area contributed by atoms with E-state index >= 15 is 0 Å². The lowest BCUT2D eigenvalue weighted by atomic mass is 9.91. The Morgan fingerprint density at radius 1 is 1.39 bits per heavy atom. The smallest absolute Gasteiger partial charge is 0.227 e. The molecule has 0 radical (unpaired) electrons. The average molecular weight is 286 g/mol. The Morgan fingerprint density at radius 3 is 2.72 bits per heavy atom. The van der Waals surface area contributed by atoms with Gasteiger partial charge in [-0.1, -0.05) is 23.7 Å². The summed E-state index contributed by atoms with van der Waals surface area (Å²) in [6.45, 7) is 0.644. The van der Waals surface area contributed by atoms with Crippen LogP contribution < -0.4 is 0 Å². The number of halogens is 2. The molecule has 0 atom stereocenters. The predicted molar refractivity (Wildman–Crippen MR) is 75.2 cm³/mol. The molecule has 0 aliphatic heterocycles. The molecule has 1 aliphatic rings. The molecule has 4 heteroatoms. The van der Waals surface area contributed by atoms with Gasteiger partial charge in [0.15, 0.2) is 0 Å². The lowest BCUT2D eigenvalue weighted by molar-refractivity contribution is -0.134. The molecule has 18 heavy (non-hydrogen) atoms. The van der Waals surface area contributed by atoms with Gasteiger partial charge in [-0.05, 0) is 37.0 Å². The molecular formula is C14H17Cl2NO. The molecular weight excluding hydrogens is 269 g/mol. The van der Waals surface area contributed by atoms with Crippen molar-refractivity contribution in [3.05, 3.63) is 34.9 Å². The van der Waals surface area contributed by atoms with Gasteiger partial charge < -0.3 is 4.90 Å². The van der Waals surface area contributed by atoms with E-state index in [0.717, 1.165) is 18.4 Å². The van der Waals surface area contributed by atoms with Crippen LogP contribution in [0.1, 0.15) is 24.8 Å². The lowest BCUT2D eigenvalue weighted by Crippen LogP contribution is -2.45. The molecule has 2 nitrogen and oxygen atoms in total. The fourth-order valence-electron chi connectivity index (χ4n) is 2.22. The van der Waals surface area contributed by atoms with Crippen molar-refractivity contribution in [1.82, 2.24) is 4.90 Å². The summed E-state index contributed by atoms with van der Waals surface area (Å²) >= 11 is 11.7. The second kappa shape index (κ2) is 6.44. The highest BCUT2D eigenvalue weighted by molar-refractivity contribution is 6.30. The van der Waals surface area contributed by atoms with Crippen molar-refractivity contribution in [1.29, 1.82) is 0 Å². The van der Waals surface area contributed by atoms with Gasteiger partial charge in [-0.25, -0.2) is 0 Å². The molecule has 0 heterocycles. The minimum atomic E-state index is 0.155. The fraction of sp³-hybridized carbons (Fsp3) is 0.500. The number of carbonyl (C=O) groups excluding carboxylic acids is 1. The number of alkyl halides is 1. The van der Waals surface area contributed by atoms with Gasteiger partial charge in [-0.3, -0.25) is 4.79 Å². The van der Waals surface area contributed by atoms with E-state index in [1.54, 1.807) is 0 Å². The second-order valence-electron chi connectivity index (χ2n) is 4.67. The monoisotopic (exact) mass is 285 g/mol. The van der Waals surface area contributed by atoms with Gasteiger partial charge in [0.25, 0.3) is 0 Å². The number of carbonyl (C=O) groups is 1. The van der Waals surface area contributed by atoms with E-state index in [9.17, 15) is 4.79 Å². The maximum absolute atomic E-state index is 12.3. The Morgan fingerprint density at radius 2 is 2.17 bits per heavy atom. The summed E-state index contributed by atoms with van der Waals surface area (Å²) in [4.78, 5) is 14.2. The Bertz CT molecular complexity index is 418. The Labute approximate surface area is 118 Å². The average Bonchev–Trinajstić information content (AvgIpc) is 2.26. The quantitative estimate of drug-likeness (QED) is 0.759. The van der Waals surface area contributed by atoms with Gasteiger partial charge in [0.05, 0.1) is 6.42 Å². The van der Waals surface area contributed by atoms with Crippen molar-refractivity contribution in [2.24, 2.45) is 0 Å². The second-order valence-corrected chi connectivity index (χ2v) is 5.48. The van der Waals surface area contributed by atoms with E-state index in [1.165, 1.54) is 6.42 Å². The van der Waals surface area contributed by atoms with Crippen LogP contribution in [0.5, 0.6) is 0 Å². The molecule has 1 saturated carbocycles. The van der Waals surface area contributed by atoms with Gasteiger partial charge in [0.1, 0.15) is 0 Å². The van der Waals surface area contributed by atoms with Crippen LogP contribution >= 0.6 is 23.2 Å². The first kappa shape index (κ1) is 13.7. The zero-order valence-electron chi connectivity index (χ0n) is 10.2. The van der Waals surface area contributed by atoms with E-state index < -0.39 is 0 Å². The highest BCUT2D eigenvalue weighted by Crippen LogP contribution is 2.25. The molecule has 0 bridgehead atoms. The van der Waals surface area contributed by atoms with Crippen LogP contribution in [0.15, 0.2) is 24.3 Å². The summed E-state index contributed by atoms with van der Waals surface area (Å²) in [5.41, 5.74) is 0.964. The summed E-state index contributed by atoms with van der Waals surface area (Å²) < 4.78 is 0. The molecule has 0 spiro atoms. The van der Waals surface area contributed by atoms with Crippen molar-refractivity contribution >= 4 is 29.1 Å². The minimum absolute atomic E-state index is 0.155. The fourth-order valence-corrected chi connectivity index (χ4v) is 2.62. The zero-order chi connectivity index (χ0) is 13.0. The van der Waals surface area contributed by atoms with Crippen LogP contribution in [0, 0.1) is 0 Å². The van der Waals surface area contributed by atoms with Crippen LogP contribution in [-0.2, 0) is 11.2 Å². The van der Waals surface area contributed by atoms with Crippen molar-refractivity contribution < 1.29 is 4.79 Å². The Hall–Kier alpha value is -0.730. The zero-order valence-corrected chi connectivity index (χ0v) is 11.8. The summed E-state index contributed by atoms with van der Waals surface area (Å²) in [6.07, 6.45) is 3.85. The normalized spacial score (nSPS) is 15.2. The molecule has 0 aromatic heterocycles. The Kier molecular flexibility index (Phi) is 4.90. The number of benzene rings is 1. The molecule has 1 aromatic rings. The number of rotatable bonds is 5. The van der Waals surface area contributed by atoms with E-state index in [-0.39, 0.29) is 5.91 Å². The first-order valence-electron chi connectivity index (χ1n) is 6.30. The summed E-state index contributed by atoms with van der Waals surface area (Å²) in [5, 5.41) is 0.674. The highest BCUT2D eigenvalue weighted by atomic mass is 35.5. The summed E-state index contributed by atoms with van der Waals surface area (Å²) in [5.74, 6) is 0.653. The molecule has 1 aliphatic carbocycles. The first-order chi connectivity index (χ1) is 8.70. The minimum Gasteiger partial charge on any atom is -0.338 e. The van der Waals surface area contributed by atoms with Crippen molar-refractivity contribution in [2.45, 2.75) is 31.7 Å². The van der Waals surface area contributed by atoms with E-state index in [1.807, 2.05) is 29.2 Å². The van der Waals surface area contributed by atoms with E-state index in [4.69, 9.17) is 23.2 Å². The van der Waals surface area contributed by atoms with Crippen molar-refractivity contribution in [3.63, 3.8) is 0 Å². The maximum atomic E-state index is 12.3. The van der Waals surface area contributed by atoms with Crippen LogP contribution in [0.4, 0.5) is 0 Å². The Balaban J connectivity index is 2.00. The topological polar surface area (TPSA) is 20.3 Å². The first-order valence-corrected chi connectivity index (χ1v) is 7.22. The number of amides is 1. The number of hydrogen-bond acceptors (Lipinski definition) is 1. The van der Waals surface area contributed by atoms with Crippen LogP contribution in [0.2, 0.25) is 5.02 Å². The largest absolute Gasteiger partial charge is 0.338 e. The molecule has 0 N–H and O–H groups in total. The molecule has 98 valence electrons. The van der Waals surface area contributed by atoms with Gasteiger partial charge in [-0.15, -0.1) is 11.6 Å². The third-order valence-electron chi connectivity index (χ3n) is 3.41. The number of nitrogens with zero attached hydrogens (tertiary/aromatic N) is 1. The van der Waals surface area contributed by atoms with Crippen LogP contribution in [0.3, 0.4) is 0 Å². The third kappa shape index (κ3) is 3.39. The predicted octanol–water partition coefficient (Wildman–Crippen LogP) is 3.50. The van der Waals surface area contributed by atoms with E-state index in [2.05, 4.69) is 0 Å². The van der Waals surface area contributed by atoms with Crippen molar-refractivity contribution in [2.75, 3.05) is 12.4 Å². The lowest BCUT2D eigenvalue weighted by Gasteiger charge is -2.37. The molecule has 1 aromatic carbocycles. The third-order valence-corrected chi connectivity index (χ3v) is 3.81. The van der Waals surface area contributed by atoms with Gasteiger partial charge in [-0.2, -0.15) is 0 Å². The molecule has 1 amide bonds.